The Kier molecular flexibility index (Phi) is 3.89. The third-order valence-corrected chi connectivity index (χ3v) is 3.66. The van der Waals surface area contributed by atoms with Gasteiger partial charge in [-0.05, 0) is 31.9 Å². The predicted octanol–water partition coefficient (Wildman–Crippen LogP) is 4.16. The van der Waals surface area contributed by atoms with Crippen LogP contribution in [-0.2, 0) is 4.79 Å². The second-order valence-electron chi connectivity index (χ2n) is 5.37. The van der Waals surface area contributed by atoms with Gasteiger partial charge in [-0.2, -0.15) is 0 Å². The van der Waals surface area contributed by atoms with Crippen molar-refractivity contribution in [3.63, 3.8) is 0 Å². The highest BCUT2D eigenvalue weighted by Gasteiger charge is 2.27. The molecule has 1 aromatic rings. The summed E-state index contributed by atoms with van der Waals surface area (Å²) in [5.41, 5.74) is 3.07. The second-order valence-corrected chi connectivity index (χ2v) is 5.37. The number of para-hydroxylation sites is 1. The zero-order chi connectivity index (χ0) is 14.0. The average Bonchev–Trinajstić information content (AvgIpc) is 2.38. The summed E-state index contributed by atoms with van der Waals surface area (Å²) in [6.07, 6.45) is 4.23. The van der Waals surface area contributed by atoms with Crippen molar-refractivity contribution in [3.05, 3.63) is 53.9 Å². The van der Waals surface area contributed by atoms with Crippen molar-refractivity contribution >= 4 is 11.5 Å². The highest BCUT2D eigenvalue weighted by molar-refractivity contribution is 5.96. The first kappa shape index (κ1) is 13.6. The zero-order valence-electron chi connectivity index (χ0n) is 12.1. The Hall–Kier alpha value is -1.83. The van der Waals surface area contributed by atoms with Gasteiger partial charge in [-0.25, -0.2) is 0 Å². The lowest BCUT2D eigenvalue weighted by Gasteiger charge is -2.32. The van der Waals surface area contributed by atoms with Gasteiger partial charge in [0.25, 0.3) is 0 Å². The van der Waals surface area contributed by atoms with Crippen LogP contribution in [0.4, 0.5) is 5.69 Å². The SMILES string of the molecule is CC(=O)C1=C(C)N(c2ccccc2)C=C[C@H]1C(C)C. The number of hydrogen-bond donors (Lipinski definition) is 0. The first-order valence-corrected chi connectivity index (χ1v) is 6.76. The van der Waals surface area contributed by atoms with Crippen LogP contribution in [0.25, 0.3) is 0 Å². The second kappa shape index (κ2) is 5.43. The lowest BCUT2D eigenvalue weighted by Crippen LogP contribution is -2.27. The van der Waals surface area contributed by atoms with Crippen molar-refractivity contribution < 1.29 is 4.79 Å². The molecule has 0 fully saturated rings. The van der Waals surface area contributed by atoms with E-state index >= 15 is 0 Å². The number of anilines is 1. The van der Waals surface area contributed by atoms with E-state index in [1.807, 2.05) is 25.1 Å². The summed E-state index contributed by atoms with van der Waals surface area (Å²) in [7, 11) is 0. The molecule has 0 saturated heterocycles. The summed E-state index contributed by atoms with van der Waals surface area (Å²) in [6, 6.07) is 10.1. The maximum Gasteiger partial charge on any atom is 0.158 e. The van der Waals surface area contributed by atoms with E-state index < -0.39 is 0 Å². The van der Waals surface area contributed by atoms with Crippen LogP contribution in [0.15, 0.2) is 53.9 Å². The number of hydrogen-bond acceptors (Lipinski definition) is 2. The van der Waals surface area contributed by atoms with Crippen molar-refractivity contribution in [1.29, 1.82) is 0 Å². The molecule has 0 amide bonds. The number of carbonyl (C=O) groups is 1. The van der Waals surface area contributed by atoms with Crippen LogP contribution < -0.4 is 4.90 Å². The van der Waals surface area contributed by atoms with Gasteiger partial charge < -0.3 is 4.90 Å². The van der Waals surface area contributed by atoms with Crippen molar-refractivity contribution in [1.82, 2.24) is 0 Å². The van der Waals surface area contributed by atoms with E-state index in [0.29, 0.717) is 5.92 Å². The molecule has 1 heterocycles. The fourth-order valence-corrected chi connectivity index (χ4v) is 2.67. The van der Waals surface area contributed by atoms with E-state index in [4.69, 9.17) is 0 Å². The van der Waals surface area contributed by atoms with E-state index in [2.05, 4.69) is 43.2 Å². The molecular formula is C17H21NO. The highest BCUT2D eigenvalue weighted by atomic mass is 16.1. The van der Waals surface area contributed by atoms with Crippen LogP contribution in [0.5, 0.6) is 0 Å². The van der Waals surface area contributed by atoms with Crippen LogP contribution in [0.1, 0.15) is 27.7 Å². The molecule has 2 heteroatoms. The number of ketones is 1. The van der Waals surface area contributed by atoms with Gasteiger partial charge >= 0.3 is 0 Å². The molecule has 0 aliphatic carbocycles. The number of allylic oxidation sites excluding steroid dienone is 3. The fourth-order valence-electron chi connectivity index (χ4n) is 2.67. The van der Waals surface area contributed by atoms with Gasteiger partial charge in [0.2, 0.25) is 0 Å². The van der Waals surface area contributed by atoms with E-state index in [-0.39, 0.29) is 11.7 Å². The van der Waals surface area contributed by atoms with E-state index in [0.717, 1.165) is 17.0 Å². The fraction of sp³-hybridized carbons (Fsp3) is 0.353. The molecular weight excluding hydrogens is 234 g/mol. The monoisotopic (exact) mass is 255 g/mol. The number of Topliss-reactive ketones (excluding diaryl/α,β-unsaturated/α-hetero) is 1. The molecule has 0 radical (unpaired) electrons. The van der Waals surface area contributed by atoms with Gasteiger partial charge in [-0.15, -0.1) is 0 Å². The Balaban J connectivity index is 2.46. The molecule has 2 rings (SSSR count). The summed E-state index contributed by atoms with van der Waals surface area (Å²) in [5, 5.41) is 0. The molecule has 0 saturated carbocycles. The highest BCUT2D eigenvalue weighted by Crippen LogP contribution is 2.33. The Morgan fingerprint density at radius 1 is 1.21 bits per heavy atom. The Bertz CT molecular complexity index is 525. The maximum atomic E-state index is 12.0. The minimum absolute atomic E-state index is 0.168. The number of carbonyl (C=O) groups excluding carboxylic acids is 1. The molecule has 0 aromatic heterocycles. The molecule has 19 heavy (non-hydrogen) atoms. The molecule has 1 aromatic carbocycles. The first-order valence-electron chi connectivity index (χ1n) is 6.76. The lowest BCUT2D eigenvalue weighted by atomic mass is 9.83. The minimum Gasteiger partial charge on any atom is -0.321 e. The molecule has 0 unspecified atom stereocenters. The largest absolute Gasteiger partial charge is 0.321 e. The molecule has 2 nitrogen and oxygen atoms in total. The maximum absolute atomic E-state index is 12.0. The number of benzene rings is 1. The molecule has 100 valence electrons. The Morgan fingerprint density at radius 2 is 1.84 bits per heavy atom. The van der Waals surface area contributed by atoms with Crippen molar-refractivity contribution in [2.45, 2.75) is 27.7 Å². The van der Waals surface area contributed by atoms with Crippen LogP contribution in [-0.4, -0.2) is 5.78 Å². The smallest absolute Gasteiger partial charge is 0.158 e. The topological polar surface area (TPSA) is 20.3 Å². The summed E-state index contributed by atoms with van der Waals surface area (Å²) in [6.45, 7) is 8.01. The Labute approximate surface area is 115 Å². The molecule has 0 N–H and O–H groups in total. The van der Waals surface area contributed by atoms with Gasteiger partial charge in [0.15, 0.2) is 5.78 Å². The Morgan fingerprint density at radius 3 is 2.37 bits per heavy atom. The molecule has 1 aliphatic heterocycles. The van der Waals surface area contributed by atoms with Gasteiger partial charge in [-0.3, -0.25) is 4.79 Å². The molecule has 1 aliphatic rings. The summed E-state index contributed by atoms with van der Waals surface area (Å²) < 4.78 is 0. The van der Waals surface area contributed by atoms with Crippen molar-refractivity contribution in [3.8, 4) is 0 Å². The molecule has 0 bridgehead atoms. The van der Waals surface area contributed by atoms with E-state index in [9.17, 15) is 4.79 Å². The van der Waals surface area contributed by atoms with Crippen LogP contribution in [0, 0.1) is 11.8 Å². The van der Waals surface area contributed by atoms with Crippen LogP contribution >= 0.6 is 0 Å². The first-order chi connectivity index (χ1) is 9.02. The van der Waals surface area contributed by atoms with E-state index in [1.54, 1.807) is 6.92 Å². The van der Waals surface area contributed by atoms with Gasteiger partial charge in [0.05, 0.1) is 0 Å². The third kappa shape index (κ3) is 2.62. The summed E-state index contributed by atoms with van der Waals surface area (Å²) in [5.74, 6) is 0.821. The third-order valence-electron chi connectivity index (χ3n) is 3.66. The molecule has 0 spiro atoms. The standard InChI is InChI=1S/C17H21NO/c1-12(2)16-10-11-18(13(3)17(16)14(4)19)15-8-6-5-7-9-15/h5-12,16H,1-4H3/t16-/m0/s1. The van der Waals surface area contributed by atoms with E-state index in [1.165, 1.54) is 0 Å². The van der Waals surface area contributed by atoms with Crippen molar-refractivity contribution in [2.24, 2.45) is 11.8 Å². The van der Waals surface area contributed by atoms with Gasteiger partial charge in [-0.1, -0.05) is 38.1 Å². The lowest BCUT2D eigenvalue weighted by molar-refractivity contribution is -0.114. The minimum atomic E-state index is 0.168. The van der Waals surface area contributed by atoms with Crippen LogP contribution in [0.2, 0.25) is 0 Å². The summed E-state index contributed by atoms with van der Waals surface area (Å²) in [4.78, 5) is 14.1. The number of rotatable bonds is 3. The quantitative estimate of drug-likeness (QED) is 0.808. The normalized spacial score (nSPS) is 19.2. The van der Waals surface area contributed by atoms with Gasteiger partial charge in [0.1, 0.15) is 0 Å². The van der Waals surface area contributed by atoms with Crippen LogP contribution in [0.3, 0.4) is 0 Å². The average molecular weight is 255 g/mol. The summed E-state index contributed by atoms with van der Waals surface area (Å²) >= 11 is 0. The van der Waals surface area contributed by atoms with Crippen molar-refractivity contribution in [2.75, 3.05) is 4.90 Å². The predicted molar refractivity (Wildman–Crippen MR) is 79.8 cm³/mol. The molecule has 1 atom stereocenters. The van der Waals surface area contributed by atoms with Gasteiger partial charge in [0, 0.05) is 29.1 Å². The number of nitrogens with zero attached hydrogens (tertiary/aromatic N) is 1. The zero-order valence-corrected chi connectivity index (χ0v) is 12.1.